The van der Waals surface area contributed by atoms with E-state index in [2.05, 4.69) is 34.9 Å². The largest absolute Gasteiger partial charge is 0.780 e. The number of aromatic amines is 1. The molecule has 310 valence electrons. The lowest BCUT2D eigenvalue weighted by Crippen LogP contribution is -2.40. The molecule has 0 aromatic carbocycles. The number of aromatic nitrogens is 10. The van der Waals surface area contributed by atoms with Crippen LogP contribution < -0.4 is 27.6 Å². The highest BCUT2D eigenvalue weighted by Crippen LogP contribution is 2.46. The molecule has 2 fully saturated rings. The van der Waals surface area contributed by atoms with Gasteiger partial charge in [-0.15, -0.1) is 0 Å². The van der Waals surface area contributed by atoms with Gasteiger partial charge in [0.2, 0.25) is 0 Å². The van der Waals surface area contributed by atoms with E-state index in [4.69, 9.17) is 61.1 Å². The topological polar surface area (TPSA) is 371 Å². The number of aliphatic hydroxyl groups excluding tert-OH is 2. The van der Waals surface area contributed by atoms with Crippen molar-refractivity contribution in [2.75, 3.05) is 44.7 Å². The Kier molecular flexibility index (Phi) is 13.2. The minimum atomic E-state index is -4.27. The van der Waals surface area contributed by atoms with E-state index < -0.39 is 81.5 Å². The molecular weight excluding hydrogens is 822 g/mol. The highest BCUT2D eigenvalue weighted by molar-refractivity contribution is 8.06. The molecule has 0 bridgehead atoms. The number of H-pyrrole nitrogens is 1. The summed E-state index contributed by atoms with van der Waals surface area (Å²) < 4.78 is 47.6. The van der Waals surface area contributed by atoms with Crippen LogP contribution in [0.5, 0.6) is 0 Å². The van der Waals surface area contributed by atoms with Crippen LogP contribution >= 0.6 is 14.3 Å². The molecule has 0 spiro atoms. The third kappa shape index (κ3) is 9.93. The molecule has 7 heterocycles. The van der Waals surface area contributed by atoms with Crippen molar-refractivity contribution in [3.63, 3.8) is 0 Å². The average molecular weight is 860 g/mol. The first-order valence-electron chi connectivity index (χ1n) is 16.6. The summed E-state index contributed by atoms with van der Waals surface area (Å²) >= 11 is 5.06. The van der Waals surface area contributed by atoms with Gasteiger partial charge in [0, 0.05) is 32.3 Å². The maximum absolute atomic E-state index is 13.1. The fourth-order valence-electron chi connectivity index (χ4n) is 5.95. The summed E-state index contributed by atoms with van der Waals surface area (Å²) in [6.07, 6.45) is -0.783. The summed E-state index contributed by atoms with van der Waals surface area (Å²) in [4.78, 5) is 80.2. The molecule has 9 N–H and O–H groups in total. The molecule has 0 radical (unpaired) electrons. The first kappa shape index (κ1) is 42.4. The zero-order valence-electron chi connectivity index (χ0n) is 29.6. The molecule has 7 rings (SSSR count). The summed E-state index contributed by atoms with van der Waals surface area (Å²) in [7, 11) is -2.83. The molecule has 0 aliphatic carbocycles. The van der Waals surface area contributed by atoms with Gasteiger partial charge < -0.3 is 68.9 Å². The molecule has 0 saturated carbocycles. The Bertz CT molecular complexity index is 2390. The van der Waals surface area contributed by atoms with E-state index >= 15 is 0 Å². The van der Waals surface area contributed by atoms with E-state index in [9.17, 15) is 29.3 Å². The smallest absolute Gasteiger partial charge is 0.350 e. The van der Waals surface area contributed by atoms with Crippen molar-refractivity contribution in [1.82, 2.24) is 48.6 Å². The van der Waals surface area contributed by atoms with Gasteiger partial charge in [-0.3, -0.25) is 23.5 Å². The highest BCUT2D eigenvalue weighted by Gasteiger charge is 2.48. The molecule has 5 aromatic rings. The van der Waals surface area contributed by atoms with Crippen LogP contribution in [0, 0.1) is 0 Å². The second kappa shape index (κ2) is 17.8. The number of anilines is 2. The van der Waals surface area contributed by atoms with E-state index in [1.165, 1.54) is 38.6 Å². The van der Waals surface area contributed by atoms with E-state index in [0.717, 1.165) is 10.6 Å². The number of ether oxygens (including phenoxy) is 4. The first-order chi connectivity index (χ1) is 27.1. The Hall–Kier alpha value is -4.18. The standard InChI is InChI=1S/C20H26N7O10PS.C8H12N5O4P/c1-33-16-15(10(5-28)36-19(16)26-3-2-12(30)25-20(26)31)37-38(32,39)34-6-11-9(29)4-13(35-11)27-8-24-14-17(21)22-7-23-18(14)27;9-7-6-8(11-3-10-7)13(4-12-6)1-2-17-5-18(14,15)16/h2-3,7-11,13,15-16,19,28-29H,4-6H2,1H3,(H,32,39)(H2,21,22,23)(H,25,30,31);3-4H,1-2,5H2,(H2,9,10,11)(H2,14,15,16)/p-1/t9-,10+,11+,13+,15+,16+,19+,38?;/m0./s1. The number of hydrogen-bond acceptors (Lipinski definition) is 21. The van der Waals surface area contributed by atoms with Crippen molar-refractivity contribution >= 4 is 60.1 Å². The molecule has 5 aromatic heterocycles. The lowest BCUT2D eigenvalue weighted by atomic mass is 10.1. The summed E-state index contributed by atoms with van der Waals surface area (Å²) in [5.74, 6) is 0.482. The number of aliphatic hydroxyl groups is 2. The molecule has 2 saturated heterocycles. The molecule has 1 unspecified atom stereocenters. The van der Waals surface area contributed by atoms with E-state index in [1.54, 1.807) is 9.13 Å². The molecule has 2 aliphatic rings. The van der Waals surface area contributed by atoms with Crippen LogP contribution in [0.1, 0.15) is 18.9 Å². The van der Waals surface area contributed by atoms with Crippen molar-refractivity contribution in [3.05, 3.63) is 58.4 Å². The Morgan fingerprint density at radius 2 is 1.68 bits per heavy atom. The van der Waals surface area contributed by atoms with Gasteiger partial charge in [0.1, 0.15) is 67.4 Å². The number of nitrogens with two attached hydrogens (primary N) is 2. The summed E-state index contributed by atoms with van der Waals surface area (Å²) in [5.41, 5.74) is 11.9. The van der Waals surface area contributed by atoms with E-state index in [0.29, 0.717) is 28.9 Å². The number of nitrogen functional groups attached to an aromatic ring is 2. The maximum atomic E-state index is 13.1. The van der Waals surface area contributed by atoms with Gasteiger partial charge in [-0.2, -0.15) is 0 Å². The van der Waals surface area contributed by atoms with Gasteiger partial charge in [0.25, 0.3) is 5.56 Å². The third-order valence-electron chi connectivity index (χ3n) is 8.58. The normalized spacial score (nSPS) is 24.8. The minimum absolute atomic E-state index is 0.139. The van der Waals surface area contributed by atoms with Crippen LogP contribution in [0.15, 0.2) is 47.2 Å². The summed E-state index contributed by atoms with van der Waals surface area (Å²) in [5, 5.41) is 20.4. The third-order valence-corrected chi connectivity index (χ3v) is 10.6. The first-order valence-corrected chi connectivity index (χ1v) is 21.0. The highest BCUT2D eigenvalue weighted by atomic mass is 32.5. The Labute approximate surface area is 324 Å². The van der Waals surface area contributed by atoms with Gasteiger partial charge in [0.15, 0.2) is 29.2 Å². The van der Waals surface area contributed by atoms with E-state index in [-0.39, 0.29) is 31.3 Å². The Balaban J connectivity index is 0.000000255. The number of nitrogens with one attached hydrogen (secondary N) is 1. The predicted octanol–water partition coefficient (Wildman–Crippen LogP) is -2.94. The zero-order chi connectivity index (χ0) is 41.1. The van der Waals surface area contributed by atoms with Gasteiger partial charge in [0.05, 0.1) is 38.6 Å². The molecule has 57 heavy (non-hydrogen) atoms. The van der Waals surface area contributed by atoms with Gasteiger partial charge in [-0.25, -0.2) is 34.7 Å². The van der Waals surface area contributed by atoms with Crippen molar-refractivity contribution < 1.29 is 57.5 Å². The molecule has 8 atom stereocenters. The number of hydrogen-bond donors (Lipinski definition) is 7. The minimum Gasteiger partial charge on any atom is -0.780 e. The summed E-state index contributed by atoms with van der Waals surface area (Å²) in [6.45, 7) is -4.74. The maximum Gasteiger partial charge on any atom is 0.350 e. The van der Waals surface area contributed by atoms with Crippen molar-refractivity contribution in [2.24, 2.45) is 0 Å². The van der Waals surface area contributed by atoms with Gasteiger partial charge >= 0.3 is 13.3 Å². The van der Waals surface area contributed by atoms with Crippen LogP contribution in [0.25, 0.3) is 22.3 Å². The van der Waals surface area contributed by atoms with Gasteiger partial charge in [-0.05, 0) is 0 Å². The van der Waals surface area contributed by atoms with Gasteiger partial charge in [-0.1, -0.05) is 11.8 Å². The second-order valence-electron chi connectivity index (χ2n) is 12.4. The zero-order valence-corrected chi connectivity index (χ0v) is 32.2. The monoisotopic (exact) mass is 859 g/mol. The lowest BCUT2D eigenvalue weighted by Gasteiger charge is -2.34. The molecule has 0 amide bonds. The predicted molar refractivity (Wildman–Crippen MR) is 195 cm³/mol. The Morgan fingerprint density at radius 1 is 1.00 bits per heavy atom. The number of fused-ring (bicyclic) bond motifs is 2. The Morgan fingerprint density at radius 3 is 2.35 bits per heavy atom. The van der Waals surface area contributed by atoms with Crippen LogP contribution in [0.4, 0.5) is 11.6 Å². The van der Waals surface area contributed by atoms with Crippen LogP contribution in [0.3, 0.4) is 0 Å². The van der Waals surface area contributed by atoms with Crippen molar-refractivity contribution in [1.29, 1.82) is 0 Å². The quantitative estimate of drug-likeness (QED) is 0.0434. The molecule has 29 heteroatoms. The fraction of sp³-hybridized carbons (Fsp3) is 0.500. The lowest BCUT2D eigenvalue weighted by molar-refractivity contribution is -0.218. The van der Waals surface area contributed by atoms with Crippen LogP contribution in [-0.2, 0) is 50.9 Å². The molecular formula is C28H37N12O14P2S-. The fourth-order valence-corrected chi connectivity index (χ4v) is 7.75. The average Bonchev–Trinajstić information content (AvgIpc) is 3.94. The van der Waals surface area contributed by atoms with Crippen molar-refractivity contribution in [3.8, 4) is 0 Å². The molecule has 26 nitrogen and oxygen atoms in total. The summed E-state index contributed by atoms with van der Waals surface area (Å²) in [6, 6.07) is 1.11. The van der Waals surface area contributed by atoms with Crippen molar-refractivity contribution in [2.45, 2.75) is 55.9 Å². The number of imidazole rings is 2. The van der Waals surface area contributed by atoms with Crippen LogP contribution in [-0.4, -0.2) is 132 Å². The second-order valence-corrected chi connectivity index (χ2v) is 16.7. The number of methoxy groups -OCH3 is 1. The van der Waals surface area contributed by atoms with Crippen LogP contribution in [0.2, 0.25) is 0 Å². The van der Waals surface area contributed by atoms with E-state index in [1.807, 2.05) is 0 Å². The number of nitrogens with zero attached hydrogens (tertiary/aromatic N) is 9. The number of rotatable bonds is 14. The molecule has 2 aliphatic heterocycles. The SMILES string of the molecule is CO[C@@H]1[C@H](OP([O-])(=S)OC[C@H]2O[C@@H](n3cnc4c(N)ncnc43)C[C@@H]2O)[C@@H](CO)O[C@H]1n1ccc(=O)[nH]c1=O.Nc1ncnc2c1ncn2CCOCP(=O)(O)O.